The number of hydrogen-bond donors (Lipinski definition) is 2. The molecule has 1 amide bonds. The van der Waals surface area contributed by atoms with E-state index in [0.717, 1.165) is 6.42 Å². The largest absolute Gasteiger partial charge is 0.480 e. The van der Waals surface area contributed by atoms with E-state index in [2.05, 4.69) is 5.32 Å². The first-order valence-corrected chi connectivity index (χ1v) is 5.78. The van der Waals surface area contributed by atoms with Gasteiger partial charge in [0.2, 0.25) is 5.91 Å². The van der Waals surface area contributed by atoms with Gasteiger partial charge in [-0.05, 0) is 18.9 Å². The zero-order chi connectivity index (χ0) is 12.8. The van der Waals surface area contributed by atoms with E-state index in [9.17, 15) is 9.59 Å². The van der Waals surface area contributed by atoms with E-state index in [4.69, 9.17) is 9.84 Å². The lowest BCUT2D eigenvalue weighted by Crippen LogP contribution is -2.45. The van der Waals surface area contributed by atoms with Gasteiger partial charge in [0.15, 0.2) is 0 Å². The highest BCUT2D eigenvalue weighted by Gasteiger charge is 2.37. The highest BCUT2D eigenvalue weighted by atomic mass is 16.5. The number of nitrogens with one attached hydrogen (secondary N) is 1. The Morgan fingerprint density at radius 3 is 2.82 bits per heavy atom. The van der Waals surface area contributed by atoms with E-state index >= 15 is 0 Å². The van der Waals surface area contributed by atoms with Crippen LogP contribution in [0.25, 0.3) is 0 Å². The maximum absolute atomic E-state index is 11.5. The van der Waals surface area contributed by atoms with E-state index in [-0.39, 0.29) is 18.4 Å². The van der Waals surface area contributed by atoms with E-state index in [0.29, 0.717) is 19.7 Å². The molecule has 2 atom stereocenters. The molecule has 1 aliphatic rings. The van der Waals surface area contributed by atoms with Crippen molar-refractivity contribution in [3.05, 3.63) is 0 Å². The minimum absolute atomic E-state index is 0.0966. The van der Waals surface area contributed by atoms with Gasteiger partial charge in [-0.15, -0.1) is 0 Å². The molecule has 0 spiro atoms. The SMILES string of the molecule is COCCNC(=O)CN1CCC(C)C1C(=O)O. The molecule has 1 aliphatic heterocycles. The second-order valence-corrected chi connectivity index (χ2v) is 4.36. The summed E-state index contributed by atoms with van der Waals surface area (Å²) in [7, 11) is 1.56. The van der Waals surface area contributed by atoms with E-state index in [1.54, 1.807) is 12.0 Å². The number of carbonyl (C=O) groups is 2. The van der Waals surface area contributed by atoms with Gasteiger partial charge < -0.3 is 15.2 Å². The fourth-order valence-electron chi connectivity index (χ4n) is 2.14. The maximum atomic E-state index is 11.5. The van der Waals surface area contributed by atoms with Crippen LogP contribution in [-0.2, 0) is 14.3 Å². The van der Waals surface area contributed by atoms with Gasteiger partial charge in [0.1, 0.15) is 6.04 Å². The van der Waals surface area contributed by atoms with Crippen molar-refractivity contribution in [2.75, 3.05) is 33.4 Å². The van der Waals surface area contributed by atoms with Crippen molar-refractivity contribution < 1.29 is 19.4 Å². The quantitative estimate of drug-likeness (QED) is 0.618. The van der Waals surface area contributed by atoms with Crippen molar-refractivity contribution >= 4 is 11.9 Å². The van der Waals surface area contributed by atoms with Gasteiger partial charge in [-0.2, -0.15) is 0 Å². The third-order valence-corrected chi connectivity index (χ3v) is 3.03. The molecule has 98 valence electrons. The number of nitrogens with zero attached hydrogens (tertiary/aromatic N) is 1. The minimum atomic E-state index is -0.848. The second kappa shape index (κ2) is 6.56. The highest BCUT2D eigenvalue weighted by Crippen LogP contribution is 2.23. The average Bonchev–Trinajstić information content (AvgIpc) is 2.60. The number of likely N-dealkylation sites (tertiary alicyclic amines) is 1. The van der Waals surface area contributed by atoms with Crippen LogP contribution in [-0.4, -0.2) is 61.3 Å². The van der Waals surface area contributed by atoms with Crippen LogP contribution in [0.4, 0.5) is 0 Å². The molecule has 17 heavy (non-hydrogen) atoms. The fraction of sp³-hybridized carbons (Fsp3) is 0.818. The van der Waals surface area contributed by atoms with Crippen LogP contribution in [0.15, 0.2) is 0 Å². The summed E-state index contributed by atoms with van der Waals surface area (Å²) >= 11 is 0. The van der Waals surface area contributed by atoms with Crippen LogP contribution in [0.2, 0.25) is 0 Å². The van der Waals surface area contributed by atoms with E-state index in [1.807, 2.05) is 6.92 Å². The van der Waals surface area contributed by atoms with Crippen LogP contribution < -0.4 is 5.32 Å². The topological polar surface area (TPSA) is 78.9 Å². The number of hydrogen-bond acceptors (Lipinski definition) is 4. The van der Waals surface area contributed by atoms with Gasteiger partial charge in [-0.25, -0.2) is 0 Å². The van der Waals surface area contributed by atoms with Crippen molar-refractivity contribution in [1.29, 1.82) is 0 Å². The summed E-state index contributed by atoms with van der Waals surface area (Å²) in [5.74, 6) is -0.902. The number of amides is 1. The molecule has 1 rings (SSSR count). The Bertz CT molecular complexity index is 283. The predicted molar refractivity (Wildman–Crippen MR) is 61.7 cm³/mol. The molecular weight excluding hydrogens is 224 g/mol. The summed E-state index contributed by atoms with van der Waals surface area (Å²) in [4.78, 5) is 24.3. The Morgan fingerprint density at radius 2 is 2.24 bits per heavy atom. The zero-order valence-electron chi connectivity index (χ0n) is 10.3. The third-order valence-electron chi connectivity index (χ3n) is 3.03. The molecule has 6 nitrogen and oxygen atoms in total. The Labute approximate surface area is 101 Å². The molecule has 2 N–H and O–H groups in total. The van der Waals surface area contributed by atoms with Crippen LogP contribution in [0.1, 0.15) is 13.3 Å². The Kier molecular flexibility index (Phi) is 5.37. The summed E-state index contributed by atoms with van der Waals surface area (Å²) in [6.07, 6.45) is 0.822. The highest BCUT2D eigenvalue weighted by molar-refractivity contribution is 5.80. The first-order valence-electron chi connectivity index (χ1n) is 5.78. The lowest BCUT2D eigenvalue weighted by molar-refractivity contribution is -0.143. The van der Waals surface area contributed by atoms with Crippen molar-refractivity contribution in [3.63, 3.8) is 0 Å². The molecule has 1 saturated heterocycles. The summed E-state index contributed by atoms with van der Waals surface area (Å²) in [5, 5.41) is 11.8. The molecule has 0 aromatic rings. The Balaban J connectivity index is 2.39. The number of carboxylic acid groups (broad SMARTS) is 1. The molecule has 0 aromatic carbocycles. The summed E-state index contributed by atoms with van der Waals surface area (Å²) in [6, 6.07) is -0.539. The van der Waals surface area contributed by atoms with Crippen molar-refractivity contribution in [3.8, 4) is 0 Å². The summed E-state index contributed by atoms with van der Waals surface area (Å²) < 4.78 is 4.82. The van der Waals surface area contributed by atoms with Crippen LogP contribution in [0, 0.1) is 5.92 Å². The molecule has 0 saturated carbocycles. The van der Waals surface area contributed by atoms with Gasteiger partial charge >= 0.3 is 5.97 Å². The van der Waals surface area contributed by atoms with E-state index < -0.39 is 12.0 Å². The molecule has 0 aromatic heterocycles. The monoisotopic (exact) mass is 244 g/mol. The number of carbonyl (C=O) groups excluding carboxylic acids is 1. The van der Waals surface area contributed by atoms with Gasteiger partial charge in [0.05, 0.1) is 13.2 Å². The van der Waals surface area contributed by atoms with E-state index in [1.165, 1.54) is 0 Å². The first-order chi connectivity index (χ1) is 8.06. The number of rotatable bonds is 6. The lowest BCUT2D eigenvalue weighted by Gasteiger charge is -2.22. The molecule has 6 heteroatoms. The number of aliphatic carboxylic acids is 1. The third kappa shape index (κ3) is 3.98. The molecule has 1 heterocycles. The van der Waals surface area contributed by atoms with Gasteiger partial charge in [-0.3, -0.25) is 14.5 Å². The van der Waals surface area contributed by atoms with Crippen LogP contribution in [0.3, 0.4) is 0 Å². The smallest absolute Gasteiger partial charge is 0.321 e. The number of carboxylic acids is 1. The van der Waals surface area contributed by atoms with Crippen molar-refractivity contribution in [2.24, 2.45) is 5.92 Å². The normalized spacial score (nSPS) is 24.8. The standard InChI is InChI=1S/C11H20N2O4/c1-8-3-5-13(10(8)11(15)16)7-9(14)12-4-6-17-2/h8,10H,3-7H2,1-2H3,(H,12,14)(H,15,16). The van der Waals surface area contributed by atoms with Gasteiger partial charge in [0.25, 0.3) is 0 Å². The molecule has 0 radical (unpaired) electrons. The minimum Gasteiger partial charge on any atom is -0.480 e. The molecule has 1 fully saturated rings. The van der Waals surface area contributed by atoms with Gasteiger partial charge in [0, 0.05) is 13.7 Å². The van der Waals surface area contributed by atoms with Crippen molar-refractivity contribution in [1.82, 2.24) is 10.2 Å². The summed E-state index contributed by atoms with van der Waals surface area (Å²) in [6.45, 7) is 3.63. The zero-order valence-corrected chi connectivity index (χ0v) is 10.3. The number of ether oxygens (including phenoxy) is 1. The molecule has 2 unspecified atom stereocenters. The Hall–Kier alpha value is -1.14. The predicted octanol–water partition coefficient (Wildman–Crippen LogP) is -0.456. The average molecular weight is 244 g/mol. The molecular formula is C11H20N2O4. The first kappa shape index (κ1) is 13.9. The molecule has 0 aliphatic carbocycles. The van der Waals surface area contributed by atoms with Crippen LogP contribution in [0.5, 0.6) is 0 Å². The van der Waals surface area contributed by atoms with Gasteiger partial charge in [-0.1, -0.05) is 6.92 Å². The second-order valence-electron chi connectivity index (χ2n) is 4.36. The summed E-state index contributed by atoms with van der Waals surface area (Å²) in [5.41, 5.74) is 0. The number of methoxy groups -OCH3 is 1. The molecule has 0 bridgehead atoms. The fourth-order valence-corrected chi connectivity index (χ4v) is 2.14. The van der Waals surface area contributed by atoms with Crippen LogP contribution >= 0.6 is 0 Å². The maximum Gasteiger partial charge on any atom is 0.321 e. The lowest BCUT2D eigenvalue weighted by atomic mass is 10.0. The van der Waals surface area contributed by atoms with Crippen molar-refractivity contribution in [2.45, 2.75) is 19.4 Å². The Morgan fingerprint density at radius 1 is 1.53 bits per heavy atom.